The van der Waals surface area contributed by atoms with Crippen molar-refractivity contribution in [1.29, 1.82) is 0 Å². The first-order valence-electron chi connectivity index (χ1n) is 5.52. The van der Waals surface area contributed by atoms with Gasteiger partial charge in [-0.3, -0.25) is 4.79 Å². The van der Waals surface area contributed by atoms with Gasteiger partial charge in [0.15, 0.2) is 0 Å². The van der Waals surface area contributed by atoms with Gasteiger partial charge >= 0.3 is 0 Å². The van der Waals surface area contributed by atoms with Crippen LogP contribution in [0.1, 0.15) is 10.6 Å². The van der Waals surface area contributed by atoms with Crippen LogP contribution in [-0.2, 0) is 11.2 Å². The van der Waals surface area contributed by atoms with Gasteiger partial charge in [-0.15, -0.1) is 11.3 Å². The van der Waals surface area contributed by atoms with Gasteiger partial charge in [0.1, 0.15) is 0 Å². The number of carbonyl (C=O) groups is 1. The van der Waals surface area contributed by atoms with Crippen LogP contribution < -0.4 is 0 Å². The Morgan fingerprint density at radius 1 is 1.44 bits per heavy atom. The molecule has 1 saturated heterocycles. The second-order valence-electron chi connectivity index (χ2n) is 4.22. The van der Waals surface area contributed by atoms with Crippen LogP contribution in [0.25, 0.3) is 0 Å². The summed E-state index contributed by atoms with van der Waals surface area (Å²) in [6.45, 7) is 5.63. The van der Waals surface area contributed by atoms with Crippen LogP contribution in [0.3, 0.4) is 0 Å². The molecule has 0 N–H and O–H groups in total. The number of thiazole rings is 1. The highest BCUT2D eigenvalue weighted by Crippen LogP contribution is 2.14. The van der Waals surface area contributed by atoms with E-state index in [0.29, 0.717) is 6.42 Å². The molecule has 4 nitrogen and oxygen atoms in total. The zero-order valence-corrected chi connectivity index (χ0v) is 10.6. The van der Waals surface area contributed by atoms with E-state index in [2.05, 4.69) is 16.9 Å². The first-order chi connectivity index (χ1) is 7.66. The van der Waals surface area contributed by atoms with Crippen molar-refractivity contribution in [1.82, 2.24) is 14.8 Å². The maximum atomic E-state index is 12.0. The van der Waals surface area contributed by atoms with Gasteiger partial charge in [-0.2, -0.15) is 0 Å². The van der Waals surface area contributed by atoms with Crippen LogP contribution in [0.15, 0.2) is 5.51 Å². The Morgan fingerprint density at radius 3 is 2.69 bits per heavy atom. The molecule has 0 spiro atoms. The van der Waals surface area contributed by atoms with E-state index in [9.17, 15) is 4.79 Å². The predicted molar refractivity (Wildman–Crippen MR) is 64.6 cm³/mol. The Labute approximate surface area is 99.9 Å². The Balaban J connectivity index is 1.91. The minimum absolute atomic E-state index is 0.237. The molecule has 1 aliphatic rings. The Hall–Kier alpha value is -0.940. The minimum atomic E-state index is 0.237. The molecule has 0 radical (unpaired) electrons. The molecule has 5 heteroatoms. The van der Waals surface area contributed by atoms with E-state index >= 15 is 0 Å². The van der Waals surface area contributed by atoms with Gasteiger partial charge in [0.05, 0.1) is 17.6 Å². The van der Waals surface area contributed by atoms with Gasteiger partial charge in [0, 0.05) is 31.1 Å². The van der Waals surface area contributed by atoms with Gasteiger partial charge in [-0.05, 0) is 14.0 Å². The first-order valence-corrected chi connectivity index (χ1v) is 6.40. The fraction of sp³-hybridized carbons (Fsp3) is 0.636. The monoisotopic (exact) mass is 239 g/mol. The fourth-order valence-electron chi connectivity index (χ4n) is 1.80. The zero-order chi connectivity index (χ0) is 11.5. The molecular formula is C11H17N3OS. The van der Waals surface area contributed by atoms with Crippen molar-refractivity contribution >= 4 is 17.2 Å². The summed E-state index contributed by atoms with van der Waals surface area (Å²) in [5.41, 5.74) is 2.80. The highest BCUT2D eigenvalue weighted by molar-refractivity contribution is 7.09. The Kier molecular flexibility index (Phi) is 3.56. The molecule has 1 aromatic heterocycles. The number of likely N-dealkylation sites (N-methyl/N-ethyl adjacent to an activating group) is 1. The fourth-order valence-corrected chi connectivity index (χ4v) is 2.57. The number of hydrogen-bond acceptors (Lipinski definition) is 4. The van der Waals surface area contributed by atoms with Crippen LogP contribution in [0.4, 0.5) is 0 Å². The van der Waals surface area contributed by atoms with Gasteiger partial charge in [0.2, 0.25) is 5.91 Å². The van der Waals surface area contributed by atoms with E-state index in [1.54, 1.807) is 11.3 Å². The van der Waals surface area contributed by atoms with Crippen molar-refractivity contribution < 1.29 is 4.79 Å². The second kappa shape index (κ2) is 4.93. The summed E-state index contributed by atoms with van der Waals surface area (Å²) in [6.07, 6.45) is 0.514. The number of nitrogens with zero attached hydrogens (tertiary/aromatic N) is 3. The molecule has 0 aliphatic carbocycles. The highest BCUT2D eigenvalue weighted by atomic mass is 32.1. The summed E-state index contributed by atoms with van der Waals surface area (Å²) in [5.74, 6) is 0.237. The lowest BCUT2D eigenvalue weighted by molar-refractivity contribution is -0.131. The van der Waals surface area contributed by atoms with Crippen molar-refractivity contribution in [3.05, 3.63) is 16.1 Å². The average Bonchev–Trinajstić information content (AvgIpc) is 2.65. The lowest BCUT2D eigenvalue weighted by atomic mass is 10.2. The molecule has 1 fully saturated rings. The summed E-state index contributed by atoms with van der Waals surface area (Å²) in [4.78, 5) is 21.5. The van der Waals surface area contributed by atoms with E-state index in [1.807, 2.05) is 17.3 Å². The molecule has 88 valence electrons. The summed E-state index contributed by atoms with van der Waals surface area (Å²) in [6, 6.07) is 0. The van der Waals surface area contributed by atoms with Crippen LogP contribution in [0.5, 0.6) is 0 Å². The van der Waals surface area contributed by atoms with Gasteiger partial charge in [0.25, 0.3) is 0 Å². The van der Waals surface area contributed by atoms with E-state index in [-0.39, 0.29) is 5.91 Å². The number of hydrogen-bond donors (Lipinski definition) is 0. The quantitative estimate of drug-likeness (QED) is 0.765. The number of rotatable bonds is 2. The SMILES string of the molecule is Cc1ncsc1CC(=O)N1CCN(C)CC1. The Morgan fingerprint density at radius 2 is 2.12 bits per heavy atom. The molecule has 0 aromatic carbocycles. The van der Waals surface area contributed by atoms with Crippen LogP contribution in [0, 0.1) is 6.92 Å². The van der Waals surface area contributed by atoms with Crippen molar-refractivity contribution in [2.24, 2.45) is 0 Å². The standard InChI is InChI=1S/C11H17N3OS/c1-9-10(16-8-12-9)7-11(15)14-5-3-13(2)4-6-14/h8H,3-7H2,1-2H3. The maximum absolute atomic E-state index is 12.0. The third-order valence-electron chi connectivity index (χ3n) is 3.01. The van der Waals surface area contributed by atoms with E-state index in [0.717, 1.165) is 36.8 Å². The largest absolute Gasteiger partial charge is 0.340 e. The van der Waals surface area contributed by atoms with Gasteiger partial charge < -0.3 is 9.80 Å². The van der Waals surface area contributed by atoms with Crippen molar-refractivity contribution in [3.8, 4) is 0 Å². The molecule has 1 aliphatic heterocycles. The zero-order valence-electron chi connectivity index (χ0n) is 9.77. The number of piperazine rings is 1. The summed E-state index contributed by atoms with van der Waals surface area (Å²) < 4.78 is 0. The van der Waals surface area contributed by atoms with Crippen molar-refractivity contribution in [2.75, 3.05) is 33.2 Å². The molecule has 2 rings (SSSR count). The van der Waals surface area contributed by atoms with E-state index in [1.165, 1.54) is 0 Å². The average molecular weight is 239 g/mol. The molecule has 1 amide bonds. The van der Waals surface area contributed by atoms with Gasteiger partial charge in [-0.1, -0.05) is 0 Å². The first kappa shape index (κ1) is 11.5. The topological polar surface area (TPSA) is 36.4 Å². The number of carbonyl (C=O) groups excluding carboxylic acids is 1. The Bertz CT molecular complexity index is 369. The number of aromatic nitrogens is 1. The number of amides is 1. The number of aryl methyl sites for hydroxylation is 1. The molecule has 2 heterocycles. The molecule has 0 saturated carbocycles. The molecule has 16 heavy (non-hydrogen) atoms. The van der Waals surface area contributed by atoms with E-state index in [4.69, 9.17) is 0 Å². The lowest BCUT2D eigenvalue weighted by Gasteiger charge is -2.32. The van der Waals surface area contributed by atoms with Gasteiger partial charge in [-0.25, -0.2) is 4.98 Å². The summed E-state index contributed by atoms with van der Waals surface area (Å²) in [7, 11) is 2.09. The maximum Gasteiger partial charge on any atom is 0.227 e. The second-order valence-corrected chi connectivity index (χ2v) is 5.16. The van der Waals surface area contributed by atoms with Crippen molar-refractivity contribution in [3.63, 3.8) is 0 Å². The third-order valence-corrected chi connectivity index (χ3v) is 3.95. The summed E-state index contributed by atoms with van der Waals surface area (Å²) >= 11 is 1.57. The minimum Gasteiger partial charge on any atom is -0.340 e. The van der Waals surface area contributed by atoms with Crippen molar-refractivity contribution in [2.45, 2.75) is 13.3 Å². The molecule has 0 bridgehead atoms. The molecule has 0 unspecified atom stereocenters. The third kappa shape index (κ3) is 2.59. The predicted octanol–water partition coefficient (Wildman–Crippen LogP) is 0.768. The van der Waals surface area contributed by atoms with Crippen LogP contribution in [-0.4, -0.2) is 53.9 Å². The smallest absolute Gasteiger partial charge is 0.227 e. The lowest BCUT2D eigenvalue weighted by Crippen LogP contribution is -2.47. The normalized spacial score (nSPS) is 17.8. The summed E-state index contributed by atoms with van der Waals surface area (Å²) in [5, 5.41) is 0. The van der Waals surface area contributed by atoms with Crippen LogP contribution >= 0.6 is 11.3 Å². The van der Waals surface area contributed by atoms with Crippen LogP contribution in [0.2, 0.25) is 0 Å². The van der Waals surface area contributed by atoms with E-state index < -0.39 is 0 Å². The molecular weight excluding hydrogens is 222 g/mol. The molecule has 1 aromatic rings. The molecule has 0 atom stereocenters. The highest BCUT2D eigenvalue weighted by Gasteiger charge is 2.20.